The van der Waals surface area contributed by atoms with Gasteiger partial charge in [-0.3, -0.25) is 14.5 Å². The van der Waals surface area contributed by atoms with Crippen LogP contribution in [0.25, 0.3) is 0 Å². The highest BCUT2D eigenvalue weighted by Gasteiger charge is 2.55. The van der Waals surface area contributed by atoms with Crippen molar-refractivity contribution in [3.05, 3.63) is 10.9 Å². The van der Waals surface area contributed by atoms with E-state index in [1.807, 2.05) is 0 Å². The fraction of sp³-hybridized carbons (Fsp3) is 0.455. The van der Waals surface area contributed by atoms with Gasteiger partial charge in [-0.15, -0.1) is 11.3 Å². The number of aliphatic hydroxyl groups excluding tert-OH is 1. The Morgan fingerprint density at radius 1 is 1.55 bits per heavy atom. The summed E-state index contributed by atoms with van der Waals surface area (Å²) < 4.78 is 15.0. The zero-order valence-electron chi connectivity index (χ0n) is 10.3. The summed E-state index contributed by atoms with van der Waals surface area (Å²) in [6, 6.07) is 0. The van der Waals surface area contributed by atoms with Crippen LogP contribution in [0.15, 0.2) is 5.38 Å². The highest BCUT2D eigenvalue weighted by atomic mass is 32.1. The molecule has 1 fully saturated rings. The second-order valence-corrected chi connectivity index (χ2v) is 5.51. The summed E-state index contributed by atoms with van der Waals surface area (Å²) in [6.07, 6.45) is -0.486. The van der Waals surface area contributed by atoms with Crippen LogP contribution in [-0.4, -0.2) is 39.4 Å². The molecule has 1 aromatic rings. The van der Waals surface area contributed by atoms with Gasteiger partial charge in [0.05, 0.1) is 11.5 Å². The molecule has 2 aliphatic rings. The van der Waals surface area contributed by atoms with Crippen molar-refractivity contribution in [1.29, 1.82) is 0 Å². The Labute approximate surface area is 117 Å². The van der Waals surface area contributed by atoms with Crippen molar-refractivity contribution < 1.29 is 23.9 Å². The monoisotopic (exact) mass is 301 g/mol. The molecule has 0 aromatic carbocycles. The first-order chi connectivity index (χ1) is 9.47. The van der Waals surface area contributed by atoms with Crippen LogP contribution >= 0.6 is 11.3 Å². The Morgan fingerprint density at radius 2 is 2.30 bits per heavy atom. The van der Waals surface area contributed by atoms with Gasteiger partial charge in [-0.05, 0) is 0 Å². The number of imide groups is 1. The third-order valence-electron chi connectivity index (χ3n) is 3.48. The topological polar surface area (TPSA) is 96.1 Å². The third-order valence-corrected chi connectivity index (χ3v) is 4.31. The number of amides is 2. The van der Waals surface area contributed by atoms with Crippen LogP contribution in [0.4, 0.5) is 9.39 Å². The lowest BCUT2D eigenvalue weighted by Crippen LogP contribution is -2.61. The van der Waals surface area contributed by atoms with Crippen LogP contribution in [0.3, 0.4) is 0 Å². The molecule has 7 nitrogen and oxygen atoms in total. The summed E-state index contributed by atoms with van der Waals surface area (Å²) in [5.74, 6) is -3.76. The molecule has 0 aliphatic carbocycles. The number of hydrogen-bond donors (Lipinski definition) is 2. The third kappa shape index (κ3) is 1.70. The Balaban J connectivity index is 1.87. The average Bonchev–Trinajstić information content (AvgIpc) is 2.98. The summed E-state index contributed by atoms with van der Waals surface area (Å²) in [5, 5.41) is 12.1. The fourth-order valence-corrected chi connectivity index (χ4v) is 3.04. The Kier molecular flexibility index (Phi) is 2.92. The van der Waals surface area contributed by atoms with E-state index in [-0.39, 0.29) is 19.4 Å². The van der Waals surface area contributed by atoms with Crippen molar-refractivity contribution in [2.24, 2.45) is 0 Å². The molecule has 1 aromatic heterocycles. The highest BCUT2D eigenvalue weighted by molar-refractivity contribution is 7.14. The molecule has 1 atom stereocenters. The van der Waals surface area contributed by atoms with Crippen LogP contribution in [0.1, 0.15) is 18.4 Å². The molecule has 0 bridgehead atoms. The van der Waals surface area contributed by atoms with E-state index in [1.165, 1.54) is 11.3 Å². The summed E-state index contributed by atoms with van der Waals surface area (Å²) in [6.45, 7) is -0.819. The van der Waals surface area contributed by atoms with E-state index < -0.39 is 24.3 Å². The van der Waals surface area contributed by atoms with Crippen molar-refractivity contribution >= 4 is 28.2 Å². The van der Waals surface area contributed by atoms with E-state index in [2.05, 4.69) is 0 Å². The molecule has 9 heteroatoms. The second-order valence-electron chi connectivity index (χ2n) is 4.60. The molecule has 20 heavy (non-hydrogen) atoms. The first kappa shape index (κ1) is 13.3. The van der Waals surface area contributed by atoms with E-state index in [1.54, 1.807) is 5.38 Å². The minimum Gasteiger partial charge on any atom is -0.401 e. The van der Waals surface area contributed by atoms with Gasteiger partial charge in [0.15, 0.2) is 5.75 Å². The van der Waals surface area contributed by atoms with Gasteiger partial charge in [0, 0.05) is 23.8 Å². The molecule has 3 heterocycles. The minimum absolute atomic E-state index is 0.0281. The Hall–Kier alpha value is -1.71. The van der Waals surface area contributed by atoms with Crippen molar-refractivity contribution in [1.82, 2.24) is 9.96 Å². The second kappa shape index (κ2) is 4.40. The number of rotatable bonds is 2. The molecular formula is C11H12FN3O4S. The van der Waals surface area contributed by atoms with Gasteiger partial charge in [-0.2, -0.15) is 0 Å². The molecule has 2 amide bonds. The minimum atomic E-state index is -2.47. The first-order valence-electron chi connectivity index (χ1n) is 5.93. The number of likely N-dealkylation sites (tertiary alicyclic amines) is 1. The molecule has 3 N–H and O–H groups in total. The quantitative estimate of drug-likeness (QED) is 0.598. The lowest BCUT2D eigenvalue weighted by molar-refractivity contribution is -0.220. The number of nitrogen functional groups attached to an aromatic ring is 1. The Bertz CT molecular complexity index is 592. The fourth-order valence-electron chi connectivity index (χ4n) is 2.31. The number of carbonyl (C=O) groups is 2. The first-order valence-corrected chi connectivity index (χ1v) is 6.81. The van der Waals surface area contributed by atoms with Crippen molar-refractivity contribution in [2.75, 3.05) is 12.5 Å². The van der Waals surface area contributed by atoms with E-state index in [9.17, 15) is 14.0 Å². The summed E-state index contributed by atoms with van der Waals surface area (Å²) in [5.41, 5.74) is 6.37. The van der Waals surface area contributed by atoms with E-state index in [4.69, 9.17) is 15.7 Å². The largest absolute Gasteiger partial charge is 0.401 e. The number of hydrogen-bond acceptors (Lipinski definition) is 7. The van der Waals surface area contributed by atoms with Crippen LogP contribution in [0.5, 0.6) is 5.75 Å². The average molecular weight is 301 g/mol. The molecule has 0 radical (unpaired) electrons. The molecule has 0 spiro atoms. The van der Waals surface area contributed by atoms with Crippen LogP contribution < -0.4 is 10.6 Å². The van der Waals surface area contributed by atoms with Crippen molar-refractivity contribution in [3.63, 3.8) is 0 Å². The van der Waals surface area contributed by atoms with Gasteiger partial charge in [-0.25, -0.2) is 4.39 Å². The maximum Gasteiger partial charge on any atom is 0.287 e. The molecule has 2 aliphatic heterocycles. The molecule has 0 saturated carbocycles. The van der Waals surface area contributed by atoms with Gasteiger partial charge in [0.25, 0.3) is 11.7 Å². The SMILES string of the molecule is Nc1scc2c1CN([C@]1(F)CCC(=O)N(CO)C1=O)O2. The standard InChI is InChI=1S/C11H12FN3O4S/c12-11(2-1-8(17)14(5-16)10(11)18)15-3-6-7(19-15)4-20-9(6)13/h4,16H,1-3,5,13H2/t11-/m1/s1. The number of piperidine rings is 1. The van der Waals surface area contributed by atoms with E-state index >= 15 is 0 Å². The molecule has 1 saturated heterocycles. The number of thiophene rings is 1. The predicted octanol–water partition coefficient (Wildman–Crippen LogP) is 0.204. The van der Waals surface area contributed by atoms with Crippen LogP contribution in [0.2, 0.25) is 0 Å². The van der Waals surface area contributed by atoms with Gasteiger partial charge >= 0.3 is 0 Å². The smallest absolute Gasteiger partial charge is 0.287 e. The van der Waals surface area contributed by atoms with E-state index in [0.717, 1.165) is 5.06 Å². The molecule has 3 rings (SSSR count). The van der Waals surface area contributed by atoms with Gasteiger partial charge in [0.2, 0.25) is 5.91 Å². The molecule has 0 unspecified atom stereocenters. The van der Waals surface area contributed by atoms with Crippen molar-refractivity contribution in [2.45, 2.75) is 25.2 Å². The predicted molar refractivity (Wildman–Crippen MR) is 66.9 cm³/mol. The number of alkyl halides is 1. The number of nitrogens with two attached hydrogens (primary N) is 1. The number of fused-ring (bicyclic) bond motifs is 1. The summed E-state index contributed by atoms with van der Waals surface area (Å²) >= 11 is 1.27. The van der Waals surface area contributed by atoms with Gasteiger partial charge in [-0.1, -0.05) is 5.06 Å². The van der Waals surface area contributed by atoms with Crippen molar-refractivity contribution in [3.8, 4) is 5.75 Å². The number of aliphatic hydroxyl groups is 1. The lowest BCUT2D eigenvalue weighted by atomic mass is 10.0. The maximum absolute atomic E-state index is 15.0. The highest BCUT2D eigenvalue weighted by Crippen LogP contribution is 2.43. The number of anilines is 1. The van der Waals surface area contributed by atoms with E-state index in [0.29, 0.717) is 21.2 Å². The number of carbonyl (C=O) groups excluding carboxylic acids is 2. The summed E-state index contributed by atoms with van der Waals surface area (Å²) in [4.78, 5) is 29.3. The number of halogens is 1. The Morgan fingerprint density at radius 3 is 2.95 bits per heavy atom. The summed E-state index contributed by atoms with van der Waals surface area (Å²) in [7, 11) is 0. The zero-order chi connectivity index (χ0) is 14.5. The van der Waals surface area contributed by atoms with Gasteiger partial charge in [0.1, 0.15) is 6.73 Å². The normalized spacial score (nSPS) is 26.8. The van der Waals surface area contributed by atoms with Crippen LogP contribution in [-0.2, 0) is 16.1 Å². The van der Waals surface area contributed by atoms with Crippen LogP contribution in [0, 0.1) is 0 Å². The zero-order valence-corrected chi connectivity index (χ0v) is 11.2. The number of nitrogens with zero attached hydrogens (tertiary/aromatic N) is 2. The lowest BCUT2D eigenvalue weighted by Gasteiger charge is -2.37. The number of hydroxylamine groups is 2. The van der Waals surface area contributed by atoms with Gasteiger partial charge < -0.3 is 15.7 Å². The molecular weight excluding hydrogens is 289 g/mol. The molecule has 108 valence electrons. The maximum atomic E-state index is 15.0.